The third-order valence-electron chi connectivity index (χ3n) is 3.06. The summed E-state index contributed by atoms with van der Waals surface area (Å²) in [5.74, 6) is 0.831. The van der Waals surface area contributed by atoms with Crippen LogP contribution in [0, 0.1) is 0 Å². The average molecular weight is 302 g/mol. The van der Waals surface area contributed by atoms with Gasteiger partial charge in [0.15, 0.2) is 5.96 Å². The number of thiazole rings is 1. The molecule has 0 bridgehead atoms. The van der Waals surface area contributed by atoms with Crippen LogP contribution in [0.3, 0.4) is 0 Å². The summed E-state index contributed by atoms with van der Waals surface area (Å²) in [5, 5.41) is 9.73. The molecule has 1 aromatic carbocycles. The van der Waals surface area contributed by atoms with Gasteiger partial charge in [0.25, 0.3) is 0 Å². The van der Waals surface area contributed by atoms with Gasteiger partial charge in [-0.15, -0.1) is 11.3 Å². The number of unbranched alkanes of at least 4 members (excludes halogenated alkanes) is 1. The molecule has 4 nitrogen and oxygen atoms in total. The number of hydrogen-bond acceptors (Lipinski definition) is 3. The monoisotopic (exact) mass is 302 g/mol. The van der Waals surface area contributed by atoms with E-state index < -0.39 is 0 Å². The maximum Gasteiger partial charge on any atom is 0.191 e. The maximum atomic E-state index is 4.66. The van der Waals surface area contributed by atoms with E-state index in [4.69, 9.17) is 0 Å². The van der Waals surface area contributed by atoms with E-state index >= 15 is 0 Å². The highest BCUT2D eigenvalue weighted by Crippen LogP contribution is 2.22. The Morgan fingerprint density at radius 2 is 2.05 bits per heavy atom. The van der Waals surface area contributed by atoms with Crippen molar-refractivity contribution in [3.8, 4) is 10.6 Å². The molecule has 21 heavy (non-hydrogen) atoms. The molecule has 0 aliphatic carbocycles. The number of benzene rings is 1. The van der Waals surface area contributed by atoms with Crippen LogP contribution in [-0.4, -0.2) is 24.5 Å². The Morgan fingerprint density at radius 3 is 2.76 bits per heavy atom. The van der Waals surface area contributed by atoms with Crippen LogP contribution in [0.1, 0.15) is 25.5 Å². The summed E-state index contributed by atoms with van der Waals surface area (Å²) >= 11 is 1.67. The average Bonchev–Trinajstić information content (AvgIpc) is 3.00. The Bertz CT molecular complexity index is 563. The fourth-order valence-electron chi connectivity index (χ4n) is 1.88. The third-order valence-corrected chi connectivity index (χ3v) is 4.00. The summed E-state index contributed by atoms with van der Waals surface area (Å²) in [7, 11) is 1.79. The summed E-state index contributed by atoms with van der Waals surface area (Å²) < 4.78 is 0. The Balaban J connectivity index is 1.88. The van der Waals surface area contributed by atoms with Crippen LogP contribution < -0.4 is 10.6 Å². The number of guanidine groups is 1. The van der Waals surface area contributed by atoms with Gasteiger partial charge in [0, 0.05) is 24.5 Å². The predicted molar refractivity (Wildman–Crippen MR) is 90.7 cm³/mol. The van der Waals surface area contributed by atoms with Gasteiger partial charge in [0.1, 0.15) is 5.01 Å². The first kappa shape index (κ1) is 15.5. The quantitative estimate of drug-likeness (QED) is 0.489. The van der Waals surface area contributed by atoms with Gasteiger partial charge in [-0.1, -0.05) is 43.7 Å². The van der Waals surface area contributed by atoms with Crippen molar-refractivity contribution in [2.75, 3.05) is 13.6 Å². The molecule has 1 heterocycles. The molecule has 1 aromatic heterocycles. The number of hydrogen-bond donors (Lipinski definition) is 2. The van der Waals surface area contributed by atoms with E-state index in [0.29, 0.717) is 6.54 Å². The molecule has 0 unspecified atom stereocenters. The zero-order valence-electron chi connectivity index (χ0n) is 12.6. The second-order valence-corrected chi connectivity index (χ2v) is 5.57. The molecule has 2 N–H and O–H groups in total. The molecule has 0 spiro atoms. The van der Waals surface area contributed by atoms with Crippen molar-refractivity contribution in [3.05, 3.63) is 41.4 Å². The van der Waals surface area contributed by atoms with Crippen molar-refractivity contribution >= 4 is 17.3 Å². The van der Waals surface area contributed by atoms with Crippen LogP contribution in [0.4, 0.5) is 0 Å². The Kier molecular flexibility index (Phi) is 6.22. The summed E-state index contributed by atoms with van der Waals surface area (Å²) in [6.07, 6.45) is 2.33. The number of nitrogens with zero attached hydrogens (tertiary/aromatic N) is 2. The molecule has 0 fully saturated rings. The molecule has 0 saturated heterocycles. The molecule has 2 aromatic rings. The molecular weight excluding hydrogens is 280 g/mol. The van der Waals surface area contributed by atoms with Crippen molar-refractivity contribution in [1.82, 2.24) is 15.6 Å². The van der Waals surface area contributed by atoms with Crippen LogP contribution in [0.2, 0.25) is 0 Å². The molecule has 0 aliphatic heterocycles. The first-order valence-corrected chi connectivity index (χ1v) is 8.15. The zero-order chi connectivity index (χ0) is 14.9. The first-order chi connectivity index (χ1) is 10.3. The van der Waals surface area contributed by atoms with Gasteiger partial charge in [-0.05, 0) is 6.42 Å². The first-order valence-electron chi connectivity index (χ1n) is 7.27. The van der Waals surface area contributed by atoms with Crippen LogP contribution in [-0.2, 0) is 6.54 Å². The lowest BCUT2D eigenvalue weighted by atomic mass is 10.2. The molecule has 0 saturated carbocycles. The van der Waals surface area contributed by atoms with E-state index in [1.54, 1.807) is 18.4 Å². The maximum absolute atomic E-state index is 4.66. The molecule has 5 heteroatoms. The molecule has 0 amide bonds. The van der Waals surface area contributed by atoms with Gasteiger partial charge < -0.3 is 10.6 Å². The zero-order valence-corrected chi connectivity index (χ0v) is 13.4. The fraction of sp³-hybridized carbons (Fsp3) is 0.375. The van der Waals surface area contributed by atoms with Crippen molar-refractivity contribution < 1.29 is 0 Å². The third kappa shape index (κ3) is 4.86. The second kappa shape index (κ2) is 8.42. The van der Waals surface area contributed by atoms with E-state index in [0.717, 1.165) is 29.6 Å². The van der Waals surface area contributed by atoms with Crippen molar-refractivity contribution in [1.29, 1.82) is 0 Å². The lowest BCUT2D eigenvalue weighted by Crippen LogP contribution is -2.37. The van der Waals surface area contributed by atoms with E-state index in [1.165, 1.54) is 12.0 Å². The Labute approximate surface area is 130 Å². The number of rotatable bonds is 6. The minimum absolute atomic E-state index is 0.690. The minimum Gasteiger partial charge on any atom is -0.356 e. The highest BCUT2D eigenvalue weighted by molar-refractivity contribution is 7.13. The van der Waals surface area contributed by atoms with Crippen LogP contribution in [0.15, 0.2) is 40.7 Å². The summed E-state index contributed by atoms with van der Waals surface area (Å²) in [4.78, 5) is 8.87. The highest BCUT2D eigenvalue weighted by Gasteiger charge is 2.05. The van der Waals surface area contributed by atoms with Crippen molar-refractivity contribution in [2.45, 2.75) is 26.3 Å². The largest absolute Gasteiger partial charge is 0.356 e. The molecule has 0 aliphatic rings. The lowest BCUT2D eigenvalue weighted by molar-refractivity contribution is 0.726. The van der Waals surface area contributed by atoms with Crippen LogP contribution >= 0.6 is 11.3 Å². The summed E-state index contributed by atoms with van der Waals surface area (Å²) in [6.45, 7) is 3.82. The van der Waals surface area contributed by atoms with E-state index in [2.05, 4.69) is 45.0 Å². The smallest absolute Gasteiger partial charge is 0.191 e. The number of nitrogens with one attached hydrogen (secondary N) is 2. The minimum atomic E-state index is 0.690. The van der Waals surface area contributed by atoms with Gasteiger partial charge in [-0.2, -0.15) is 0 Å². The second-order valence-electron chi connectivity index (χ2n) is 4.72. The number of aromatic nitrogens is 1. The summed E-state index contributed by atoms with van der Waals surface area (Å²) in [6, 6.07) is 10.3. The van der Waals surface area contributed by atoms with Gasteiger partial charge in [-0.3, -0.25) is 4.99 Å². The fourth-order valence-corrected chi connectivity index (χ4v) is 2.71. The van der Waals surface area contributed by atoms with Crippen molar-refractivity contribution in [3.63, 3.8) is 0 Å². The van der Waals surface area contributed by atoms with Gasteiger partial charge in [0.2, 0.25) is 0 Å². The van der Waals surface area contributed by atoms with Crippen LogP contribution in [0.25, 0.3) is 10.6 Å². The SMILES string of the molecule is CCCCNC(=NC)NCc1csc(-c2ccccc2)n1. The predicted octanol–water partition coefficient (Wildman–Crippen LogP) is 3.28. The summed E-state index contributed by atoms with van der Waals surface area (Å²) in [5.41, 5.74) is 2.21. The van der Waals surface area contributed by atoms with Gasteiger partial charge in [-0.25, -0.2) is 4.98 Å². The van der Waals surface area contributed by atoms with E-state index in [-0.39, 0.29) is 0 Å². The lowest BCUT2D eigenvalue weighted by Gasteiger charge is -2.10. The molecular formula is C16H22N4S. The molecule has 112 valence electrons. The van der Waals surface area contributed by atoms with Crippen molar-refractivity contribution in [2.24, 2.45) is 4.99 Å². The molecule has 0 radical (unpaired) electrons. The van der Waals surface area contributed by atoms with E-state index in [9.17, 15) is 0 Å². The van der Waals surface area contributed by atoms with Gasteiger partial charge in [0.05, 0.1) is 12.2 Å². The normalized spacial score (nSPS) is 11.4. The topological polar surface area (TPSA) is 49.3 Å². The highest BCUT2D eigenvalue weighted by atomic mass is 32.1. The van der Waals surface area contributed by atoms with E-state index in [1.807, 2.05) is 18.2 Å². The number of aliphatic imine (C=N–C) groups is 1. The Morgan fingerprint density at radius 1 is 1.24 bits per heavy atom. The van der Waals surface area contributed by atoms with Crippen LogP contribution in [0.5, 0.6) is 0 Å². The van der Waals surface area contributed by atoms with Gasteiger partial charge >= 0.3 is 0 Å². The molecule has 0 atom stereocenters. The molecule has 2 rings (SSSR count). The Hall–Kier alpha value is -1.88. The standard InChI is InChI=1S/C16H22N4S/c1-3-4-10-18-16(17-2)19-11-14-12-21-15(20-14)13-8-6-5-7-9-13/h5-9,12H,3-4,10-11H2,1-2H3,(H2,17,18,19).